The van der Waals surface area contributed by atoms with Crippen LogP contribution in [0.5, 0.6) is 0 Å². The first-order valence-corrected chi connectivity index (χ1v) is 6.84. The first kappa shape index (κ1) is 16.3. The fraction of sp³-hybridized carbons (Fsp3) is 0.500. The van der Waals surface area contributed by atoms with Gasteiger partial charge in [-0.3, -0.25) is 4.79 Å². The number of amides is 1. The fourth-order valence-corrected chi connectivity index (χ4v) is 2.59. The molecule has 0 bridgehead atoms. The van der Waals surface area contributed by atoms with Crippen LogP contribution in [0, 0.1) is 0 Å². The maximum atomic E-state index is 12.1. The maximum Gasteiger partial charge on any atom is 0.237 e. The van der Waals surface area contributed by atoms with Crippen LogP contribution in [0.3, 0.4) is 0 Å². The summed E-state index contributed by atoms with van der Waals surface area (Å²) in [6.07, 6.45) is 3.19. The monoisotopic (exact) mass is 302 g/mol. The van der Waals surface area contributed by atoms with E-state index in [0.717, 1.165) is 31.4 Å². The van der Waals surface area contributed by atoms with Crippen LogP contribution in [0.4, 0.5) is 0 Å². The normalized spacial score (nSPS) is 20.2. The van der Waals surface area contributed by atoms with Gasteiger partial charge in [-0.2, -0.15) is 0 Å². The molecule has 0 saturated carbocycles. The van der Waals surface area contributed by atoms with Gasteiger partial charge in [0.1, 0.15) is 0 Å². The van der Waals surface area contributed by atoms with Crippen molar-refractivity contribution in [2.45, 2.75) is 38.3 Å². The number of benzene rings is 1. The largest absolute Gasteiger partial charge is 0.348 e. The molecule has 1 amide bonds. The third-order valence-electron chi connectivity index (χ3n) is 3.36. The van der Waals surface area contributed by atoms with Crippen molar-refractivity contribution in [2.75, 3.05) is 6.54 Å². The van der Waals surface area contributed by atoms with Crippen molar-refractivity contribution in [1.82, 2.24) is 10.6 Å². The smallest absolute Gasteiger partial charge is 0.237 e. The van der Waals surface area contributed by atoms with Crippen molar-refractivity contribution < 1.29 is 4.79 Å². The van der Waals surface area contributed by atoms with E-state index in [4.69, 9.17) is 11.6 Å². The number of carbonyl (C=O) groups excluding carboxylic acids is 1. The standard InChI is InChI=1S/C14H19ClN2O.ClH/c1-10(11-6-2-3-7-12(11)15)17-14(18)13-8-4-5-9-16-13;/h2-3,6-7,10,13,16H,4-5,8-9H2,1H3,(H,17,18);1H/t10?,13-;/m1./s1. The molecule has 2 atom stereocenters. The summed E-state index contributed by atoms with van der Waals surface area (Å²) < 4.78 is 0. The molecule has 3 nitrogen and oxygen atoms in total. The molecular formula is C14H20Cl2N2O. The van der Waals surface area contributed by atoms with Crippen LogP contribution in [0.1, 0.15) is 37.8 Å². The van der Waals surface area contributed by atoms with Crippen LogP contribution in [0.15, 0.2) is 24.3 Å². The minimum atomic E-state index is -0.0603. The third kappa shape index (κ3) is 4.37. The Morgan fingerprint density at radius 3 is 2.79 bits per heavy atom. The van der Waals surface area contributed by atoms with Gasteiger partial charge in [0.05, 0.1) is 12.1 Å². The number of hydrogen-bond acceptors (Lipinski definition) is 2. The zero-order valence-corrected chi connectivity index (χ0v) is 12.6. The molecule has 1 unspecified atom stereocenters. The van der Waals surface area contributed by atoms with Crippen molar-refractivity contribution in [3.8, 4) is 0 Å². The van der Waals surface area contributed by atoms with E-state index in [-0.39, 0.29) is 30.4 Å². The van der Waals surface area contributed by atoms with Crippen LogP contribution in [0.2, 0.25) is 5.02 Å². The van der Waals surface area contributed by atoms with Crippen molar-refractivity contribution in [3.05, 3.63) is 34.9 Å². The zero-order chi connectivity index (χ0) is 13.0. The summed E-state index contributed by atoms with van der Waals surface area (Å²) in [7, 11) is 0. The Morgan fingerprint density at radius 1 is 1.42 bits per heavy atom. The minimum absolute atomic E-state index is 0. The predicted molar refractivity (Wildman–Crippen MR) is 80.9 cm³/mol. The van der Waals surface area contributed by atoms with Crippen LogP contribution >= 0.6 is 24.0 Å². The average Bonchev–Trinajstić information content (AvgIpc) is 2.40. The molecule has 19 heavy (non-hydrogen) atoms. The van der Waals surface area contributed by atoms with Gasteiger partial charge in [0.25, 0.3) is 0 Å². The van der Waals surface area contributed by atoms with Gasteiger partial charge >= 0.3 is 0 Å². The fourth-order valence-electron chi connectivity index (χ4n) is 2.29. The number of nitrogens with one attached hydrogen (secondary N) is 2. The minimum Gasteiger partial charge on any atom is -0.348 e. The van der Waals surface area contributed by atoms with Crippen LogP contribution in [0.25, 0.3) is 0 Å². The van der Waals surface area contributed by atoms with Crippen LogP contribution in [-0.2, 0) is 4.79 Å². The molecule has 1 aliphatic rings. The molecule has 2 rings (SSSR count). The SMILES string of the molecule is CC(NC(=O)[C@H]1CCCCN1)c1ccccc1Cl.Cl. The zero-order valence-electron chi connectivity index (χ0n) is 11.0. The molecule has 1 aromatic carbocycles. The van der Waals surface area contributed by atoms with Gasteiger partial charge in [0, 0.05) is 5.02 Å². The summed E-state index contributed by atoms with van der Waals surface area (Å²) in [5.74, 6) is 0.0714. The van der Waals surface area contributed by atoms with Gasteiger partial charge in [-0.15, -0.1) is 12.4 Å². The lowest BCUT2D eigenvalue weighted by Gasteiger charge is -2.25. The molecule has 1 fully saturated rings. The first-order chi connectivity index (χ1) is 8.68. The first-order valence-electron chi connectivity index (χ1n) is 6.46. The molecular weight excluding hydrogens is 283 g/mol. The Balaban J connectivity index is 0.00000180. The van der Waals surface area contributed by atoms with Gasteiger partial charge < -0.3 is 10.6 Å². The van der Waals surface area contributed by atoms with E-state index >= 15 is 0 Å². The summed E-state index contributed by atoms with van der Waals surface area (Å²) in [6.45, 7) is 2.89. The van der Waals surface area contributed by atoms with Gasteiger partial charge in [-0.25, -0.2) is 0 Å². The highest BCUT2D eigenvalue weighted by molar-refractivity contribution is 6.31. The van der Waals surface area contributed by atoms with E-state index in [9.17, 15) is 4.79 Å². The van der Waals surface area contributed by atoms with Crippen molar-refractivity contribution in [3.63, 3.8) is 0 Å². The quantitative estimate of drug-likeness (QED) is 0.901. The summed E-state index contributed by atoms with van der Waals surface area (Å²) in [5.41, 5.74) is 0.961. The second-order valence-electron chi connectivity index (χ2n) is 4.75. The summed E-state index contributed by atoms with van der Waals surface area (Å²) in [5, 5.41) is 6.96. The lowest BCUT2D eigenvalue weighted by atomic mass is 10.0. The Kier molecular flexibility index (Phi) is 6.63. The van der Waals surface area contributed by atoms with E-state index in [2.05, 4.69) is 10.6 Å². The summed E-state index contributed by atoms with van der Waals surface area (Å²) in [6, 6.07) is 7.50. The molecule has 1 aromatic rings. The number of hydrogen-bond donors (Lipinski definition) is 2. The van der Waals surface area contributed by atoms with Crippen LogP contribution < -0.4 is 10.6 Å². The number of rotatable bonds is 3. The molecule has 1 aliphatic heterocycles. The van der Waals surface area contributed by atoms with Gasteiger partial charge in [-0.1, -0.05) is 36.2 Å². The van der Waals surface area contributed by atoms with E-state index in [0.29, 0.717) is 5.02 Å². The predicted octanol–water partition coefficient (Wildman–Crippen LogP) is 3.08. The van der Waals surface area contributed by atoms with E-state index < -0.39 is 0 Å². The Bertz CT molecular complexity index is 420. The highest BCUT2D eigenvalue weighted by Crippen LogP contribution is 2.22. The lowest BCUT2D eigenvalue weighted by molar-refractivity contribution is -0.124. The van der Waals surface area contributed by atoms with Gasteiger partial charge in [0.15, 0.2) is 0 Å². The van der Waals surface area contributed by atoms with Crippen molar-refractivity contribution in [2.24, 2.45) is 0 Å². The highest BCUT2D eigenvalue weighted by Gasteiger charge is 2.22. The molecule has 1 heterocycles. The van der Waals surface area contributed by atoms with E-state index in [1.807, 2.05) is 31.2 Å². The Hall–Kier alpha value is -0.770. The Labute approximate surface area is 125 Å². The van der Waals surface area contributed by atoms with Crippen molar-refractivity contribution in [1.29, 1.82) is 0 Å². The van der Waals surface area contributed by atoms with Crippen molar-refractivity contribution >= 4 is 29.9 Å². The molecule has 0 aliphatic carbocycles. The maximum absolute atomic E-state index is 12.1. The van der Waals surface area contributed by atoms with E-state index in [1.165, 1.54) is 0 Å². The topological polar surface area (TPSA) is 41.1 Å². The lowest BCUT2D eigenvalue weighted by Crippen LogP contribution is -2.47. The molecule has 0 aromatic heterocycles. The molecule has 2 N–H and O–H groups in total. The molecule has 5 heteroatoms. The van der Waals surface area contributed by atoms with E-state index in [1.54, 1.807) is 0 Å². The summed E-state index contributed by atoms with van der Waals surface area (Å²) >= 11 is 6.12. The van der Waals surface area contributed by atoms with Gasteiger partial charge in [-0.05, 0) is 37.9 Å². The second kappa shape index (κ2) is 7.73. The van der Waals surface area contributed by atoms with Gasteiger partial charge in [0.2, 0.25) is 5.91 Å². The molecule has 1 saturated heterocycles. The number of piperidine rings is 1. The number of carbonyl (C=O) groups is 1. The molecule has 0 radical (unpaired) electrons. The highest BCUT2D eigenvalue weighted by atomic mass is 35.5. The van der Waals surface area contributed by atoms with Crippen LogP contribution in [-0.4, -0.2) is 18.5 Å². The third-order valence-corrected chi connectivity index (χ3v) is 3.70. The Morgan fingerprint density at radius 2 is 2.16 bits per heavy atom. The average molecular weight is 303 g/mol. The molecule has 106 valence electrons. The molecule has 0 spiro atoms. The second-order valence-corrected chi connectivity index (χ2v) is 5.16. The number of halogens is 2. The summed E-state index contributed by atoms with van der Waals surface area (Å²) in [4.78, 5) is 12.1.